The van der Waals surface area contributed by atoms with E-state index in [0.717, 1.165) is 37.2 Å². The van der Waals surface area contributed by atoms with Gasteiger partial charge >= 0.3 is 6.09 Å². The van der Waals surface area contributed by atoms with Crippen molar-refractivity contribution in [1.29, 1.82) is 0 Å². The number of amides is 2. The maximum Gasteiger partial charge on any atom is 0.409 e. The van der Waals surface area contributed by atoms with E-state index in [1.807, 2.05) is 7.05 Å². The molecule has 1 spiro atoms. The molecule has 2 aliphatic heterocycles. The molecule has 2 amide bonds. The fraction of sp³-hybridized carbons (Fsp3) is 0.429. The van der Waals surface area contributed by atoms with E-state index in [9.17, 15) is 9.59 Å². The van der Waals surface area contributed by atoms with Gasteiger partial charge in [-0.25, -0.2) is 4.79 Å². The highest BCUT2D eigenvalue weighted by Gasteiger charge is 2.48. The molecule has 20 heavy (non-hydrogen) atoms. The smallest absolute Gasteiger partial charge is 0.409 e. The molecule has 3 rings (SSSR count). The third-order valence-electron chi connectivity index (χ3n) is 4.31. The van der Waals surface area contributed by atoms with E-state index in [-0.39, 0.29) is 5.91 Å². The zero-order valence-electron chi connectivity index (χ0n) is 11.3. The Bertz CT molecular complexity index is 577. The lowest BCUT2D eigenvalue weighted by Crippen LogP contribution is -2.45. The van der Waals surface area contributed by atoms with Crippen LogP contribution in [-0.4, -0.2) is 42.1 Å². The standard InChI is InChI=1S/C14H17N3O3/c1-17-6-4-14(5-7-17)10-8-9(15-13(19)20)2-3-11(10)16-12(14)18/h2-3,8,15H,4-7H2,1H3,(H,16,18)(H,19,20). The molecule has 1 aromatic carbocycles. The maximum absolute atomic E-state index is 12.4. The van der Waals surface area contributed by atoms with Crippen LogP contribution >= 0.6 is 0 Å². The van der Waals surface area contributed by atoms with Gasteiger partial charge in [-0.2, -0.15) is 0 Å². The summed E-state index contributed by atoms with van der Waals surface area (Å²) in [4.78, 5) is 25.3. The fourth-order valence-electron chi connectivity index (χ4n) is 3.11. The van der Waals surface area contributed by atoms with E-state index in [2.05, 4.69) is 15.5 Å². The number of piperidine rings is 1. The third kappa shape index (κ3) is 1.92. The summed E-state index contributed by atoms with van der Waals surface area (Å²) in [7, 11) is 2.04. The molecule has 1 saturated heterocycles. The van der Waals surface area contributed by atoms with Gasteiger partial charge in [-0.05, 0) is 56.7 Å². The highest BCUT2D eigenvalue weighted by atomic mass is 16.4. The van der Waals surface area contributed by atoms with Gasteiger partial charge in [-0.1, -0.05) is 0 Å². The molecule has 3 N–H and O–H groups in total. The third-order valence-corrected chi connectivity index (χ3v) is 4.31. The minimum Gasteiger partial charge on any atom is -0.465 e. The second kappa shape index (κ2) is 4.49. The Morgan fingerprint density at radius 1 is 1.40 bits per heavy atom. The first kappa shape index (κ1) is 12.9. The summed E-state index contributed by atoms with van der Waals surface area (Å²) < 4.78 is 0. The lowest BCUT2D eigenvalue weighted by Gasteiger charge is -2.36. The number of carbonyl (C=O) groups is 2. The van der Waals surface area contributed by atoms with Crippen molar-refractivity contribution in [3.8, 4) is 0 Å². The highest BCUT2D eigenvalue weighted by Crippen LogP contribution is 2.45. The molecule has 0 unspecified atom stereocenters. The van der Waals surface area contributed by atoms with Gasteiger partial charge in [-0.15, -0.1) is 0 Å². The van der Waals surface area contributed by atoms with Gasteiger partial charge in [0, 0.05) is 11.4 Å². The van der Waals surface area contributed by atoms with Crippen molar-refractivity contribution in [2.75, 3.05) is 30.8 Å². The number of nitrogens with zero attached hydrogens (tertiary/aromatic N) is 1. The Labute approximate surface area is 116 Å². The van der Waals surface area contributed by atoms with Crippen molar-refractivity contribution < 1.29 is 14.7 Å². The molecule has 1 aromatic rings. The lowest BCUT2D eigenvalue weighted by atomic mass is 9.73. The molecular formula is C14H17N3O3. The number of fused-ring (bicyclic) bond motifs is 2. The summed E-state index contributed by atoms with van der Waals surface area (Å²) in [6.07, 6.45) is 0.428. The number of anilines is 2. The predicted octanol–water partition coefficient (Wildman–Crippen LogP) is 1.69. The van der Waals surface area contributed by atoms with Gasteiger partial charge in [0.25, 0.3) is 0 Å². The Morgan fingerprint density at radius 2 is 2.10 bits per heavy atom. The maximum atomic E-state index is 12.4. The average molecular weight is 275 g/mol. The molecule has 0 atom stereocenters. The van der Waals surface area contributed by atoms with Crippen molar-refractivity contribution in [3.63, 3.8) is 0 Å². The molecule has 0 bridgehead atoms. The van der Waals surface area contributed by atoms with Crippen LogP contribution in [0, 0.1) is 0 Å². The second-order valence-corrected chi connectivity index (χ2v) is 5.53. The van der Waals surface area contributed by atoms with Crippen LogP contribution < -0.4 is 10.6 Å². The van der Waals surface area contributed by atoms with Gasteiger partial charge in [0.05, 0.1) is 5.41 Å². The van der Waals surface area contributed by atoms with Gasteiger partial charge < -0.3 is 15.3 Å². The number of likely N-dealkylation sites (tertiary alicyclic amines) is 1. The van der Waals surface area contributed by atoms with E-state index >= 15 is 0 Å². The number of carbonyl (C=O) groups excluding carboxylic acids is 1. The van der Waals surface area contributed by atoms with Crippen LogP contribution in [0.4, 0.5) is 16.2 Å². The SMILES string of the molecule is CN1CCC2(CC1)C(=O)Nc1ccc(NC(=O)O)cc12. The predicted molar refractivity (Wildman–Crippen MR) is 75.1 cm³/mol. The molecule has 6 heteroatoms. The fourth-order valence-corrected chi connectivity index (χ4v) is 3.11. The molecule has 106 valence electrons. The van der Waals surface area contributed by atoms with Crippen LogP contribution in [0.25, 0.3) is 0 Å². The highest BCUT2D eigenvalue weighted by molar-refractivity contribution is 6.07. The number of nitrogens with one attached hydrogen (secondary N) is 2. The van der Waals surface area contributed by atoms with Crippen LogP contribution in [0.2, 0.25) is 0 Å². The normalized spacial score (nSPS) is 20.6. The zero-order chi connectivity index (χ0) is 14.3. The first-order valence-corrected chi connectivity index (χ1v) is 6.66. The van der Waals surface area contributed by atoms with Crippen LogP contribution in [-0.2, 0) is 10.2 Å². The Morgan fingerprint density at radius 3 is 2.75 bits per heavy atom. The van der Waals surface area contributed by atoms with Crippen molar-refractivity contribution in [3.05, 3.63) is 23.8 Å². The van der Waals surface area contributed by atoms with Crippen LogP contribution in [0.5, 0.6) is 0 Å². The van der Waals surface area contributed by atoms with Crippen molar-refractivity contribution in [1.82, 2.24) is 4.90 Å². The van der Waals surface area contributed by atoms with Crippen LogP contribution in [0.1, 0.15) is 18.4 Å². The molecule has 0 aliphatic carbocycles. The molecule has 2 aliphatic rings. The van der Waals surface area contributed by atoms with E-state index in [1.54, 1.807) is 18.2 Å². The van der Waals surface area contributed by atoms with Gasteiger partial charge in [0.15, 0.2) is 0 Å². The van der Waals surface area contributed by atoms with Crippen molar-refractivity contribution >= 4 is 23.4 Å². The van der Waals surface area contributed by atoms with Crippen molar-refractivity contribution in [2.45, 2.75) is 18.3 Å². The lowest BCUT2D eigenvalue weighted by molar-refractivity contribution is -0.122. The number of rotatable bonds is 1. The Hall–Kier alpha value is -2.08. The van der Waals surface area contributed by atoms with Gasteiger partial charge in [-0.3, -0.25) is 10.1 Å². The first-order chi connectivity index (χ1) is 9.51. The molecule has 2 heterocycles. The van der Waals surface area contributed by atoms with E-state index in [0.29, 0.717) is 5.69 Å². The number of carboxylic acid groups (broad SMARTS) is 1. The monoisotopic (exact) mass is 275 g/mol. The summed E-state index contributed by atoms with van der Waals surface area (Å²) >= 11 is 0. The van der Waals surface area contributed by atoms with Crippen molar-refractivity contribution in [2.24, 2.45) is 0 Å². The molecule has 1 fully saturated rings. The average Bonchev–Trinajstić information content (AvgIpc) is 2.66. The zero-order valence-corrected chi connectivity index (χ0v) is 11.3. The molecule has 0 radical (unpaired) electrons. The van der Waals surface area contributed by atoms with Gasteiger partial charge in [0.1, 0.15) is 0 Å². The topological polar surface area (TPSA) is 81.7 Å². The Kier molecular flexibility index (Phi) is 2.90. The quantitative estimate of drug-likeness (QED) is 0.728. The van der Waals surface area contributed by atoms with Gasteiger partial charge in [0.2, 0.25) is 5.91 Å². The summed E-state index contributed by atoms with van der Waals surface area (Å²) in [6.45, 7) is 1.73. The van der Waals surface area contributed by atoms with E-state index in [4.69, 9.17) is 5.11 Å². The minimum absolute atomic E-state index is 0.0353. The minimum atomic E-state index is -1.10. The second-order valence-electron chi connectivity index (χ2n) is 5.53. The molecule has 0 aromatic heterocycles. The van der Waals surface area contributed by atoms with Crippen LogP contribution in [0.3, 0.4) is 0 Å². The number of hydrogen-bond acceptors (Lipinski definition) is 3. The number of benzene rings is 1. The molecule has 0 saturated carbocycles. The first-order valence-electron chi connectivity index (χ1n) is 6.66. The number of hydrogen-bond donors (Lipinski definition) is 3. The van der Waals surface area contributed by atoms with E-state index in [1.165, 1.54) is 0 Å². The molecule has 6 nitrogen and oxygen atoms in total. The van der Waals surface area contributed by atoms with E-state index < -0.39 is 11.5 Å². The summed E-state index contributed by atoms with van der Waals surface area (Å²) in [5, 5.41) is 14.1. The Balaban J connectivity index is 1.99. The summed E-state index contributed by atoms with van der Waals surface area (Å²) in [5.41, 5.74) is 1.72. The summed E-state index contributed by atoms with van der Waals surface area (Å²) in [5.74, 6) is 0.0353. The van der Waals surface area contributed by atoms with Crippen LogP contribution in [0.15, 0.2) is 18.2 Å². The largest absolute Gasteiger partial charge is 0.465 e. The summed E-state index contributed by atoms with van der Waals surface area (Å²) in [6, 6.07) is 5.22. The molecular weight excluding hydrogens is 258 g/mol.